The van der Waals surface area contributed by atoms with Gasteiger partial charge in [0.25, 0.3) is 0 Å². The van der Waals surface area contributed by atoms with Gasteiger partial charge in [0.1, 0.15) is 0 Å². The van der Waals surface area contributed by atoms with Crippen LogP contribution < -0.4 is 5.69 Å². The zero-order valence-corrected chi connectivity index (χ0v) is 10.3. The Labute approximate surface area is 107 Å². The molecule has 90 valence electrons. The van der Waals surface area contributed by atoms with Crippen molar-refractivity contribution in [2.45, 2.75) is 28.9 Å². The number of nitrogens with zero attached hydrogens (tertiary/aromatic N) is 3. The van der Waals surface area contributed by atoms with E-state index in [4.69, 9.17) is 5.26 Å². The molecule has 0 radical (unpaired) electrons. The van der Waals surface area contributed by atoms with Crippen LogP contribution in [0.2, 0.25) is 0 Å². The molecule has 1 aromatic carbocycles. The van der Waals surface area contributed by atoms with Gasteiger partial charge in [0.2, 0.25) is 0 Å². The standard InChI is InChI=1S/C12H10N4OS/c13-7-8-2-1-3-10(6-8)18-12-15-14-11(17)16(12)9-4-5-9/h1-3,6,9H,4-5H2,(H,14,17). The lowest BCUT2D eigenvalue weighted by Crippen LogP contribution is -2.15. The van der Waals surface area contributed by atoms with Crippen molar-refractivity contribution in [1.29, 1.82) is 5.26 Å². The van der Waals surface area contributed by atoms with Crippen molar-refractivity contribution < 1.29 is 0 Å². The minimum absolute atomic E-state index is 0.156. The molecule has 1 saturated carbocycles. The molecule has 0 bridgehead atoms. The smallest absolute Gasteiger partial charge is 0.267 e. The Kier molecular flexibility index (Phi) is 2.68. The second kappa shape index (κ2) is 4.35. The summed E-state index contributed by atoms with van der Waals surface area (Å²) in [4.78, 5) is 12.5. The highest BCUT2D eigenvalue weighted by molar-refractivity contribution is 7.99. The number of nitriles is 1. The fourth-order valence-electron chi connectivity index (χ4n) is 1.75. The Morgan fingerprint density at radius 1 is 1.50 bits per heavy atom. The molecule has 2 aromatic rings. The Hall–Kier alpha value is -2.00. The van der Waals surface area contributed by atoms with Crippen molar-refractivity contribution in [3.8, 4) is 6.07 Å². The summed E-state index contributed by atoms with van der Waals surface area (Å²) in [6, 6.07) is 9.66. The fourth-order valence-corrected chi connectivity index (χ4v) is 2.72. The summed E-state index contributed by atoms with van der Waals surface area (Å²) < 4.78 is 1.70. The molecule has 1 aliphatic rings. The number of nitrogens with one attached hydrogen (secondary N) is 1. The van der Waals surface area contributed by atoms with E-state index in [-0.39, 0.29) is 11.7 Å². The Morgan fingerprint density at radius 2 is 2.33 bits per heavy atom. The fraction of sp³-hybridized carbons (Fsp3) is 0.250. The average Bonchev–Trinajstić information content (AvgIpc) is 3.15. The lowest BCUT2D eigenvalue weighted by molar-refractivity contribution is 0.642. The van der Waals surface area contributed by atoms with E-state index >= 15 is 0 Å². The predicted octanol–water partition coefficient (Wildman–Crippen LogP) is 1.93. The molecule has 0 spiro atoms. The van der Waals surface area contributed by atoms with Crippen LogP contribution in [0.5, 0.6) is 0 Å². The lowest BCUT2D eigenvalue weighted by Gasteiger charge is -2.03. The molecule has 3 rings (SSSR count). The van der Waals surface area contributed by atoms with Crippen molar-refractivity contribution in [3.05, 3.63) is 40.3 Å². The highest BCUT2D eigenvalue weighted by Gasteiger charge is 2.28. The SMILES string of the molecule is N#Cc1cccc(Sc2n[nH]c(=O)n2C2CC2)c1. The van der Waals surface area contributed by atoms with E-state index in [9.17, 15) is 4.79 Å². The van der Waals surface area contributed by atoms with E-state index in [0.717, 1.165) is 17.7 Å². The molecule has 1 aliphatic carbocycles. The first-order valence-electron chi connectivity index (χ1n) is 5.63. The number of H-pyrrole nitrogens is 1. The van der Waals surface area contributed by atoms with Crippen LogP contribution in [0.1, 0.15) is 24.4 Å². The zero-order chi connectivity index (χ0) is 12.5. The van der Waals surface area contributed by atoms with E-state index in [2.05, 4.69) is 16.3 Å². The molecule has 1 heterocycles. The minimum Gasteiger partial charge on any atom is -0.267 e. The van der Waals surface area contributed by atoms with E-state index in [1.54, 1.807) is 16.7 Å². The van der Waals surface area contributed by atoms with Crippen LogP contribution >= 0.6 is 11.8 Å². The maximum atomic E-state index is 11.6. The number of rotatable bonds is 3. The Morgan fingerprint density at radius 3 is 3.06 bits per heavy atom. The molecule has 0 amide bonds. The summed E-state index contributed by atoms with van der Waals surface area (Å²) in [7, 11) is 0. The van der Waals surface area contributed by atoms with E-state index in [1.165, 1.54) is 11.8 Å². The molecule has 1 aromatic heterocycles. The average molecular weight is 258 g/mol. The summed E-state index contributed by atoms with van der Waals surface area (Å²) in [6.07, 6.45) is 2.07. The molecule has 1 N–H and O–H groups in total. The molecule has 0 unspecified atom stereocenters. The topological polar surface area (TPSA) is 74.5 Å². The summed E-state index contributed by atoms with van der Waals surface area (Å²) >= 11 is 1.40. The second-order valence-electron chi connectivity index (χ2n) is 4.15. The van der Waals surface area contributed by atoms with Gasteiger partial charge in [-0.3, -0.25) is 4.57 Å². The van der Waals surface area contributed by atoms with Gasteiger partial charge in [-0.2, -0.15) is 5.26 Å². The number of hydrogen-bond donors (Lipinski definition) is 1. The molecule has 18 heavy (non-hydrogen) atoms. The summed E-state index contributed by atoms with van der Waals surface area (Å²) in [5, 5.41) is 16.0. The molecular formula is C12H10N4OS. The Bertz CT molecular complexity index is 678. The number of aromatic nitrogens is 3. The van der Waals surface area contributed by atoms with Gasteiger partial charge in [-0.15, -0.1) is 5.10 Å². The number of benzene rings is 1. The second-order valence-corrected chi connectivity index (χ2v) is 5.19. The maximum Gasteiger partial charge on any atom is 0.344 e. The highest BCUT2D eigenvalue weighted by atomic mass is 32.2. The van der Waals surface area contributed by atoms with Crippen molar-refractivity contribution >= 4 is 11.8 Å². The van der Waals surface area contributed by atoms with Crippen molar-refractivity contribution in [2.24, 2.45) is 0 Å². The summed E-state index contributed by atoms with van der Waals surface area (Å²) in [6.45, 7) is 0. The van der Waals surface area contributed by atoms with Crippen LogP contribution in [0.15, 0.2) is 39.1 Å². The molecule has 0 aliphatic heterocycles. The quantitative estimate of drug-likeness (QED) is 0.912. The molecular weight excluding hydrogens is 248 g/mol. The van der Waals surface area contributed by atoms with Gasteiger partial charge in [-0.25, -0.2) is 9.89 Å². The van der Waals surface area contributed by atoms with Gasteiger partial charge in [0.05, 0.1) is 11.6 Å². The third kappa shape index (κ3) is 2.05. The number of hydrogen-bond acceptors (Lipinski definition) is 4. The van der Waals surface area contributed by atoms with Crippen LogP contribution in [0.3, 0.4) is 0 Å². The predicted molar refractivity (Wildman–Crippen MR) is 66.4 cm³/mol. The van der Waals surface area contributed by atoms with Gasteiger partial charge in [0.15, 0.2) is 5.16 Å². The van der Waals surface area contributed by atoms with Gasteiger partial charge < -0.3 is 0 Å². The normalized spacial score (nSPS) is 14.4. The highest BCUT2D eigenvalue weighted by Crippen LogP contribution is 2.37. The van der Waals surface area contributed by atoms with Crippen LogP contribution in [-0.4, -0.2) is 14.8 Å². The molecule has 5 nitrogen and oxygen atoms in total. The van der Waals surface area contributed by atoms with Gasteiger partial charge in [-0.1, -0.05) is 6.07 Å². The maximum absolute atomic E-state index is 11.6. The van der Waals surface area contributed by atoms with Crippen molar-refractivity contribution in [1.82, 2.24) is 14.8 Å². The first kappa shape index (κ1) is 11.1. The van der Waals surface area contributed by atoms with Crippen LogP contribution in [-0.2, 0) is 0 Å². The zero-order valence-electron chi connectivity index (χ0n) is 9.46. The van der Waals surface area contributed by atoms with Gasteiger partial charge >= 0.3 is 5.69 Å². The van der Waals surface area contributed by atoms with E-state index in [1.807, 2.05) is 12.1 Å². The molecule has 1 fully saturated rings. The lowest BCUT2D eigenvalue weighted by atomic mass is 10.2. The largest absolute Gasteiger partial charge is 0.344 e. The molecule has 6 heteroatoms. The van der Waals surface area contributed by atoms with Crippen molar-refractivity contribution in [3.63, 3.8) is 0 Å². The van der Waals surface area contributed by atoms with Gasteiger partial charge in [0, 0.05) is 10.9 Å². The van der Waals surface area contributed by atoms with Crippen molar-refractivity contribution in [2.75, 3.05) is 0 Å². The van der Waals surface area contributed by atoms with Crippen LogP contribution in [0.4, 0.5) is 0 Å². The molecule has 0 saturated heterocycles. The minimum atomic E-state index is -0.156. The monoisotopic (exact) mass is 258 g/mol. The number of aromatic amines is 1. The summed E-state index contributed by atoms with van der Waals surface area (Å²) in [5.41, 5.74) is 0.451. The first-order valence-corrected chi connectivity index (χ1v) is 6.44. The van der Waals surface area contributed by atoms with E-state index < -0.39 is 0 Å². The summed E-state index contributed by atoms with van der Waals surface area (Å²) in [5.74, 6) is 0. The third-order valence-corrected chi connectivity index (χ3v) is 3.72. The Balaban J connectivity index is 1.92. The van der Waals surface area contributed by atoms with Gasteiger partial charge in [-0.05, 0) is 42.8 Å². The molecule has 0 atom stereocenters. The van der Waals surface area contributed by atoms with Crippen LogP contribution in [0, 0.1) is 11.3 Å². The third-order valence-electron chi connectivity index (χ3n) is 2.76. The van der Waals surface area contributed by atoms with Crippen LogP contribution in [0.25, 0.3) is 0 Å². The van der Waals surface area contributed by atoms with E-state index in [0.29, 0.717) is 10.7 Å². The first-order chi connectivity index (χ1) is 8.78.